The Morgan fingerprint density at radius 1 is 0.541 bits per heavy atom. The molecule has 0 atom stereocenters. The van der Waals surface area contributed by atoms with E-state index in [1.165, 1.54) is 16.2 Å². The Bertz CT molecular complexity index is 2020. The molecule has 0 aliphatic carbocycles. The quantitative estimate of drug-likeness (QED) is 0.241. The summed E-state index contributed by atoms with van der Waals surface area (Å²) in [6.07, 6.45) is 0. The van der Waals surface area contributed by atoms with Gasteiger partial charge in [-0.25, -0.2) is 0 Å². The zero-order valence-electron chi connectivity index (χ0n) is 20.4. The van der Waals surface area contributed by atoms with E-state index in [2.05, 4.69) is 77.4 Å². The third kappa shape index (κ3) is 3.15. The molecular formula is C33H22N2O2. The molecule has 0 bridgehead atoms. The fraction of sp³-hybridized carbons (Fsp3) is 0.0606. The van der Waals surface area contributed by atoms with E-state index in [4.69, 9.17) is 9.47 Å². The number of fused-ring (bicyclic) bond motifs is 8. The van der Waals surface area contributed by atoms with Crippen LogP contribution in [0.1, 0.15) is 5.56 Å². The number of hydrogen-bond donors (Lipinski definition) is 0. The van der Waals surface area contributed by atoms with Gasteiger partial charge in [0, 0.05) is 16.5 Å². The van der Waals surface area contributed by atoms with Gasteiger partial charge in [-0.1, -0.05) is 36.4 Å². The monoisotopic (exact) mass is 478 g/mol. The zero-order chi connectivity index (χ0) is 25.1. The van der Waals surface area contributed by atoms with Gasteiger partial charge < -0.3 is 14.0 Å². The average Bonchev–Trinajstić information content (AvgIpc) is 3.28. The molecule has 1 aromatic heterocycles. The van der Waals surface area contributed by atoms with Crippen molar-refractivity contribution in [3.05, 3.63) is 103 Å². The lowest BCUT2D eigenvalue weighted by atomic mass is 9.96. The molecule has 0 amide bonds. The summed E-state index contributed by atoms with van der Waals surface area (Å²) in [6, 6.07) is 35.9. The van der Waals surface area contributed by atoms with Crippen LogP contribution >= 0.6 is 0 Å². The van der Waals surface area contributed by atoms with Crippen LogP contribution < -0.4 is 9.47 Å². The minimum absolute atomic E-state index is 0.671. The summed E-state index contributed by atoms with van der Waals surface area (Å²) in [5, 5.41) is 18.6. The number of nitrogens with zero attached hydrogens (tertiary/aromatic N) is 2. The third-order valence-corrected chi connectivity index (χ3v) is 7.39. The Labute approximate surface area is 213 Å². The Morgan fingerprint density at radius 2 is 1.08 bits per heavy atom. The molecule has 6 aromatic carbocycles. The number of rotatable bonds is 3. The lowest BCUT2D eigenvalue weighted by Gasteiger charge is -2.12. The van der Waals surface area contributed by atoms with Gasteiger partial charge in [-0.3, -0.25) is 0 Å². The summed E-state index contributed by atoms with van der Waals surface area (Å²) < 4.78 is 13.4. The minimum Gasteiger partial charge on any atom is -0.497 e. The molecule has 0 aliphatic rings. The topological polar surface area (TPSA) is 47.2 Å². The van der Waals surface area contributed by atoms with E-state index in [0.29, 0.717) is 5.56 Å². The van der Waals surface area contributed by atoms with E-state index < -0.39 is 0 Å². The molecule has 7 rings (SSSR count). The first kappa shape index (κ1) is 21.3. The van der Waals surface area contributed by atoms with Crippen molar-refractivity contribution in [1.82, 2.24) is 4.57 Å². The Morgan fingerprint density at radius 3 is 1.65 bits per heavy atom. The lowest BCUT2D eigenvalue weighted by Crippen LogP contribution is -1.94. The lowest BCUT2D eigenvalue weighted by molar-refractivity contribution is 0.415. The number of hydrogen-bond acceptors (Lipinski definition) is 3. The van der Waals surface area contributed by atoms with Gasteiger partial charge in [0.15, 0.2) is 0 Å². The highest BCUT2D eigenvalue weighted by Crippen LogP contribution is 2.38. The second kappa shape index (κ2) is 8.01. The first-order chi connectivity index (χ1) is 18.2. The maximum absolute atomic E-state index is 9.45. The molecule has 7 aromatic rings. The van der Waals surface area contributed by atoms with Crippen LogP contribution in [0.15, 0.2) is 97.1 Å². The van der Waals surface area contributed by atoms with Gasteiger partial charge in [-0.2, -0.15) is 5.26 Å². The summed E-state index contributed by atoms with van der Waals surface area (Å²) in [7, 11) is 3.39. The molecular weight excluding hydrogens is 456 g/mol. The van der Waals surface area contributed by atoms with Crippen LogP contribution in [0.25, 0.3) is 59.8 Å². The summed E-state index contributed by atoms with van der Waals surface area (Å²) in [5.74, 6) is 1.64. The number of methoxy groups -OCH3 is 2. The molecule has 176 valence electrons. The third-order valence-electron chi connectivity index (χ3n) is 7.39. The van der Waals surface area contributed by atoms with Crippen molar-refractivity contribution in [1.29, 1.82) is 5.26 Å². The maximum Gasteiger partial charge on any atom is 0.119 e. The van der Waals surface area contributed by atoms with E-state index in [9.17, 15) is 5.26 Å². The summed E-state index contributed by atoms with van der Waals surface area (Å²) in [4.78, 5) is 0. The summed E-state index contributed by atoms with van der Waals surface area (Å²) in [5.41, 5.74) is 3.96. The minimum atomic E-state index is 0.671. The van der Waals surface area contributed by atoms with E-state index in [1.807, 2.05) is 30.3 Å². The SMILES string of the molecule is COc1ccc2c(c1)c1cc(OC)ccc1n2-c1ccc2ccc3c4cc(C#N)ccc4ccc3c2c1. The smallest absolute Gasteiger partial charge is 0.119 e. The van der Waals surface area contributed by atoms with E-state index in [-0.39, 0.29) is 0 Å². The van der Waals surface area contributed by atoms with Crippen molar-refractivity contribution in [3.8, 4) is 23.3 Å². The molecule has 0 spiro atoms. The molecule has 0 saturated carbocycles. The van der Waals surface area contributed by atoms with Crippen LogP contribution in [0.3, 0.4) is 0 Å². The van der Waals surface area contributed by atoms with E-state index >= 15 is 0 Å². The second-order valence-electron chi connectivity index (χ2n) is 9.28. The van der Waals surface area contributed by atoms with Crippen molar-refractivity contribution in [2.45, 2.75) is 0 Å². The van der Waals surface area contributed by atoms with Crippen molar-refractivity contribution in [2.75, 3.05) is 14.2 Å². The Hall–Kier alpha value is -5.01. The van der Waals surface area contributed by atoms with Crippen LogP contribution in [0, 0.1) is 11.3 Å². The van der Waals surface area contributed by atoms with Gasteiger partial charge in [-0.05, 0) is 93.0 Å². The summed E-state index contributed by atoms with van der Waals surface area (Å²) >= 11 is 0. The van der Waals surface area contributed by atoms with Crippen LogP contribution in [-0.4, -0.2) is 18.8 Å². The average molecular weight is 479 g/mol. The highest BCUT2D eigenvalue weighted by Gasteiger charge is 2.15. The van der Waals surface area contributed by atoms with Crippen LogP contribution in [-0.2, 0) is 0 Å². The van der Waals surface area contributed by atoms with Crippen LogP contribution in [0.5, 0.6) is 11.5 Å². The molecule has 37 heavy (non-hydrogen) atoms. The van der Waals surface area contributed by atoms with E-state index in [1.54, 1.807) is 14.2 Å². The molecule has 0 radical (unpaired) electrons. The predicted octanol–water partition coefficient (Wildman–Crippen LogP) is 8.13. The zero-order valence-corrected chi connectivity index (χ0v) is 20.4. The highest BCUT2D eigenvalue weighted by molar-refractivity contribution is 6.18. The number of nitriles is 1. The van der Waals surface area contributed by atoms with Crippen molar-refractivity contribution in [3.63, 3.8) is 0 Å². The second-order valence-corrected chi connectivity index (χ2v) is 9.28. The molecule has 0 N–H and O–H groups in total. The maximum atomic E-state index is 9.45. The van der Waals surface area contributed by atoms with Gasteiger partial charge in [0.2, 0.25) is 0 Å². The van der Waals surface area contributed by atoms with Crippen molar-refractivity contribution < 1.29 is 9.47 Å². The first-order valence-electron chi connectivity index (χ1n) is 12.1. The molecule has 0 fully saturated rings. The fourth-order valence-electron chi connectivity index (χ4n) is 5.58. The van der Waals surface area contributed by atoms with Crippen LogP contribution in [0.2, 0.25) is 0 Å². The Balaban J connectivity index is 1.55. The largest absolute Gasteiger partial charge is 0.497 e. The normalized spacial score (nSPS) is 11.5. The fourth-order valence-corrected chi connectivity index (χ4v) is 5.58. The van der Waals surface area contributed by atoms with Gasteiger partial charge in [-0.15, -0.1) is 0 Å². The molecule has 0 aliphatic heterocycles. The van der Waals surface area contributed by atoms with Gasteiger partial charge >= 0.3 is 0 Å². The standard InChI is InChI=1S/C33H22N2O2/c1-36-24-9-13-32-30(17-24)31-18-25(37-2)10-14-33(31)35(32)23-8-5-22-7-11-26-27(29(22)16-23)12-6-21-4-3-20(19-34)15-28(21)26/h3-18H,1-2H3. The van der Waals surface area contributed by atoms with E-state index in [0.717, 1.165) is 55.2 Å². The number of benzene rings is 6. The highest BCUT2D eigenvalue weighted by atomic mass is 16.5. The van der Waals surface area contributed by atoms with Crippen molar-refractivity contribution >= 4 is 54.1 Å². The number of ether oxygens (including phenoxy) is 2. The van der Waals surface area contributed by atoms with Crippen LogP contribution in [0.4, 0.5) is 0 Å². The molecule has 0 saturated heterocycles. The van der Waals surface area contributed by atoms with Crippen molar-refractivity contribution in [2.24, 2.45) is 0 Å². The first-order valence-corrected chi connectivity index (χ1v) is 12.1. The molecule has 4 heteroatoms. The molecule has 0 unspecified atom stereocenters. The molecule has 1 heterocycles. The van der Waals surface area contributed by atoms with Gasteiger partial charge in [0.05, 0.1) is 36.9 Å². The predicted molar refractivity (Wildman–Crippen MR) is 151 cm³/mol. The summed E-state index contributed by atoms with van der Waals surface area (Å²) in [6.45, 7) is 0. The van der Waals surface area contributed by atoms with Gasteiger partial charge in [0.25, 0.3) is 0 Å². The molecule has 4 nitrogen and oxygen atoms in total. The number of aromatic nitrogens is 1. The Kier molecular flexibility index (Phi) is 4.61. The van der Waals surface area contributed by atoms with Gasteiger partial charge in [0.1, 0.15) is 11.5 Å².